The van der Waals surface area contributed by atoms with E-state index >= 15 is 0 Å². The van der Waals surface area contributed by atoms with E-state index in [9.17, 15) is 4.79 Å². The zero-order valence-electron chi connectivity index (χ0n) is 11.8. The summed E-state index contributed by atoms with van der Waals surface area (Å²) in [5.41, 5.74) is 2.51. The molecule has 0 bridgehead atoms. The molecule has 3 nitrogen and oxygen atoms in total. The number of carbonyl (C=O) groups is 1. The SMILES string of the molecule is CNC(=O)c1ccc(NC(C)c2ccc(Cl)cc2Cl)cc1. The third-order valence-electron chi connectivity index (χ3n) is 3.19. The van der Waals surface area contributed by atoms with Gasteiger partial charge in [0.2, 0.25) is 0 Å². The summed E-state index contributed by atoms with van der Waals surface area (Å²) in [7, 11) is 1.61. The predicted molar refractivity (Wildman–Crippen MR) is 88.3 cm³/mol. The van der Waals surface area contributed by atoms with Gasteiger partial charge in [0.1, 0.15) is 0 Å². The van der Waals surface area contributed by atoms with Crippen LogP contribution in [0.15, 0.2) is 42.5 Å². The zero-order valence-corrected chi connectivity index (χ0v) is 13.3. The molecule has 110 valence electrons. The van der Waals surface area contributed by atoms with E-state index in [1.807, 2.05) is 31.2 Å². The summed E-state index contributed by atoms with van der Waals surface area (Å²) in [5, 5.41) is 7.18. The van der Waals surface area contributed by atoms with Gasteiger partial charge >= 0.3 is 0 Å². The Morgan fingerprint density at radius 1 is 1.10 bits per heavy atom. The fourth-order valence-corrected chi connectivity index (χ4v) is 2.61. The van der Waals surface area contributed by atoms with Crippen molar-refractivity contribution in [3.63, 3.8) is 0 Å². The smallest absolute Gasteiger partial charge is 0.251 e. The first-order valence-corrected chi connectivity index (χ1v) is 7.30. The van der Waals surface area contributed by atoms with Crippen molar-refractivity contribution in [2.24, 2.45) is 0 Å². The largest absolute Gasteiger partial charge is 0.378 e. The fourth-order valence-electron chi connectivity index (χ4n) is 2.04. The molecule has 0 heterocycles. The van der Waals surface area contributed by atoms with Gasteiger partial charge in [-0.25, -0.2) is 0 Å². The van der Waals surface area contributed by atoms with E-state index < -0.39 is 0 Å². The number of nitrogens with one attached hydrogen (secondary N) is 2. The standard InChI is InChI=1S/C16H16Cl2N2O/c1-10(14-8-5-12(17)9-15(14)18)20-13-6-3-11(4-7-13)16(21)19-2/h3-10,20H,1-2H3,(H,19,21). The van der Waals surface area contributed by atoms with Crippen molar-refractivity contribution in [1.29, 1.82) is 0 Å². The second kappa shape index (κ2) is 6.83. The summed E-state index contributed by atoms with van der Waals surface area (Å²) in [6.07, 6.45) is 0. The number of hydrogen-bond acceptors (Lipinski definition) is 2. The molecule has 1 amide bonds. The minimum Gasteiger partial charge on any atom is -0.378 e. The van der Waals surface area contributed by atoms with Gasteiger partial charge in [0.15, 0.2) is 0 Å². The van der Waals surface area contributed by atoms with Gasteiger partial charge in [0, 0.05) is 34.4 Å². The number of rotatable bonds is 4. The highest BCUT2D eigenvalue weighted by molar-refractivity contribution is 6.35. The average molecular weight is 323 g/mol. The van der Waals surface area contributed by atoms with E-state index in [0.717, 1.165) is 11.3 Å². The topological polar surface area (TPSA) is 41.1 Å². The number of halogens is 2. The molecule has 2 rings (SSSR count). The van der Waals surface area contributed by atoms with Crippen LogP contribution in [0.4, 0.5) is 5.69 Å². The molecule has 5 heteroatoms. The Balaban J connectivity index is 2.12. The van der Waals surface area contributed by atoms with Gasteiger partial charge in [-0.05, 0) is 48.9 Å². The second-order valence-corrected chi connectivity index (χ2v) is 5.53. The molecule has 2 aromatic rings. The maximum atomic E-state index is 11.5. The average Bonchev–Trinajstić information content (AvgIpc) is 2.47. The third kappa shape index (κ3) is 3.90. The third-order valence-corrected chi connectivity index (χ3v) is 3.75. The Hall–Kier alpha value is -1.71. The lowest BCUT2D eigenvalue weighted by Crippen LogP contribution is -2.17. The Labute approximate surface area is 134 Å². The molecule has 0 aliphatic heterocycles. The predicted octanol–water partition coefficient (Wildman–Crippen LogP) is 4.53. The van der Waals surface area contributed by atoms with Crippen LogP contribution in [-0.4, -0.2) is 13.0 Å². The van der Waals surface area contributed by atoms with Crippen LogP contribution in [0.2, 0.25) is 10.0 Å². The Bertz CT molecular complexity index is 641. The normalized spacial score (nSPS) is 11.8. The summed E-state index contributed by atoms with van der Waals surface area (Å²) >= 11 is 12.1. The molecule has 1 unspecified atom stereocenters. The lowest BCUT2D eigenvalue weighted by molar-refractivity contribution is 0.0963. The maximum Gasteiger partial charge on any atom is 0.251 e. The van der Waals surface area contributed by atoms with Crippen LogP contribution in [0.1, 0.15) is 28.9 Å². The van der Waals surface area contributed by atoms with E-state index in [1.165, 1.54) is 0 Å². The second-order valence-electron chi connectivity index (χ2n) is 4.69. The van der Waals surface area contributed by atoms with E-state index in [2.05, 4.69) is 10.6 Å². The van der Waals surface area contributed by atoms with Crippen molar-refractivity contribution in [2.45, 2.75) is 13.0 Å². The quantitative estimate of drug-likeness (QED) is 0.868. The van der Waals surface area contributed by atoms with Crippen molar-refractivity contribution < 1.29 is 4.79 Å². The van der Waals surface area contributed by atoms with Crippen LogP contribution in [0.5, 0.6) is 0 Å². The highest BCUT2D eigenvalue weighted by atomic mass is 35.5. The number of hydrogen-bond donors (Lipinski definition) is 2. The van der Waals surface area contributed by atoms with Gasteiger partial charge in [-0.1, -0.05) is 29.3 Å². The first-order chi connectivity index (χ1) is 10.0. The molecule has 0 saturated heterocycles. The van der Waals surface area contributed by atoms with Crippen LogP contribution in [-0.2, 0) is 0 Å². The van der Waals surface area contributed by atoms with Gasteiger partial charge in [-0.3, -0.25) is 4.79 Å². The molecule has 0 aliphatic carbocycles. The lowest BCUT2D eigenvalue weighted by Gasteiger charge is -2.17. The minimum atomic E-state index is -0.102. The molecule has 2 N–H and O–H groups in total. The summed E-state index contributed by atoms with van der Waals surface area (Å²) in [6, 6.07) is 12.8. The van der Waals surface area contributed by atoms with E-state index in [1.54, 1.807) is 25.2 Å². The minimum absolute atomic E-state index is 0.0284. The van der Waals surface area contributed by atoms with Gasteiger partial charge in [0.25, 0.3) is 5.91 Å². The van der Waals surface area contributed by atoms with E-state index in [-0.39, 0.29) is 11.9 Å². The molecule has 0 radical (unpaired) electrons. The molecule has 2 aromatic carbocycles. The molecule has 1 atom stereocenters. The van der Waals surface area contributed by atoms with Crippen LogP contribution in [0.3, 0.4) is 0 Å². The van der Waals surface area contributed by atoms with Crippen molar-refractivity contribution in [3.8, 4) is 0 Å². The number of carbonyl (C=O) groups excluding carboxylic acids is 1. The number of benzene rings is 2. The molecule has 0 aromatic heterocycles. The van der Waals surface area contributed by atoms with Gasteiger partial charge in [-0.2, -0.15) is 0 Å². The molecule has 21 heavy (non-hydrogen) atoms. The van der Waals surface area contributed by atoms with Gasteiger partial charge < -0.3 is 10.6 Å². The molecular formula is C16H16Cl2N2O. The highest BCUT2D eigenvalue weighted by Gasteiger charge is 2.10. The summed E-state index contributed by atoms with van der Waals surface area (Å²) in [5.74, 6) is -0.102. The lowest BCUT2D eigenvalue weighted by atomic mass is 10.1. The molecule has 0 aliphatic rings. The maximum absolute atomic E-state index is 11.5. The number of amides is 1. The van der Waals surface area contributed by atoms with Crippen LogP contribution < -0.4 is 10.6 Å². The van der Waals surface area contributed by atoms with Crippen molar-refractivity contribution in [2.75, 3.05) is 12.4 Å². The Kier molecular flexibility index (Phi) is 5.10. The molecular weight excluding hydrogens is 307 g/mol. The van der Waals surface area contributed by atoms with E-state index in [4.69, 9.17) is 23.2 Å². The molecule has 0 fully saturated rings. The fraction of sp³-hybridized carbons (Fsp3) is 0.188. The molecule has 0 saturated carbocycles. The van der Waals surface area contributed by atoms with Crippen LogP contribution >= 0.6 is 23.2 Å². The van der Waals surface area contributed by atoms with Gasteiger partial charge in [-0.15, -0.1) is 0 Å². The number of anilines is 1. The summed E-state index contributed by atoms with van der Waals surface area (Å²) in [6.45, 7) is 2.02. The Morgan fingerprint density at radius 3 is 2.33 bits per heavy atom. The van der Waals surface area contributed by atoms with Crippen LogP contribution in [0, 0.1) is 0 Å². The highest BCUT2D eigenvalue weighted by Crippen LogP contribution is 2.28. The van der Waals surface area contributed by atoms with E-state index in [0.29, 0.717) is 15.6 Å². The first kappa shape index (κ1) is 15.7. The summed E-state index contributed by atoms with van der Waals surface area (Å²) in [4.78, 5) is 11.5. The Morgan fingerprint density at radius 2 is 1.76 bits per heavy atom. The monoisotopic (exact) mass is 322 g/mol. The zero-order chi connectivity index (χ0) is 15.4. The summed E-state index contributed by atoms with van der Waals surface area (Å²) < 4.78 is 0. The van der Waals surface area contributed by atoms with Crippen molar-refractivity contribution >= 4 is 34.8 Å². The molecule has 0 spiro atoms. The van der Waals surface area contributed by atoms with Gasteiger partial charge in [0.05, 0.1) is 0 Å². The van der Waals surface area contributed by atoms with Crippen molar-refractivity contribution in [1.82, 2.24) is 5.32 Å². The van der Waals surface area contributed by atoms with Crippen molar-refractivity contribution in [3.05, 3.63) is 63.6 Å². The van der Waals surface area contributed by atoms with Crippen LogP contribution in [0.25, 0.3) is 0 Å². The first-order valence-electron chi connectivity index (χ1n) is 6.55.